The van der Waals surface area contributed by atoms with Gasteiger partial charge in [0.15, 0.2) is 0 Å². The number of amides is 1. The predicted octanol–water partition coefficient (Wildman–Crippen LogP) is 2.86. The minimum atomic E-state index is -1.16. The summed E-state index contributed by atoms with van der Waals surface area (Å²) >= 11 is 0. The first-order valence-corrected chi connectivity index (χ1v) is 9.23. The van der Waals surface area contributed by atoms with Crippen molar-refractivity contribution in [2.24, 2.45) is 0 Å². The largest absolute Gasteiger partial charge is 0.475 e. The van der Waals surface area contributed by atoms with Gasteiger partial charge >= 0.3 is 12.1 Å². The lowest BCUT2D eigenvalue weighted by molar-refractivity contribution is 0.0675. The molecule has 0 bridgehead atoms. The molecule has 0 saturated heterocycles. The lowest BCUT2D eigenvalue weighted by atomic mass is 9.98. The van der Waals surface area contributed by atoms with Crippen LogP contribution in [0.15, 0.2) is 54.9 Å². The van der Waals surface area contributed by atoms with Crippen molar-refractivity contribution in [2.45, 2.75) is 12.5 Å². The van der Waals surface area contributed by atoms with E-state index >= 15 is 0 Å². The van der Waals surface area contributed by atoms with Crippen LogP contribution in [-0.4, -0.2) is 57.0 Å². The van der Waals surface area contributed by atoms with E-state index in [2.05, 4.69) is 34.3 Å². The number of carboxylic acids is 1. The van der Waals surface area contributed by atoms with Crippen LogP contribution in [0.2, 0.25) is 0 Å². The highest BCUT2D eigenvalue weighted by molar-refractivity contribution is 5.83. The molecule has 0 unspecified atom stereocenters. The Kier molecular flexibility index (Phi) is 4.99. The van der Waals surface area contributed by atoms with Crippen molar-refractivity contribution in [3.05, 3.63) is 71.8 Å². The number of hydrogen-bond donors (Lipinski definition) is 1. The number of hydrogen-bond acceptors (Lipinski definition) is 5. The Labute approximate surface area is 167 Å². The van der Waals surface area contributed by atoms with Crippen LogP contribution in [0.5, 0.6) is 0 Å². The van der Waals surface area contributed by atoms with Gasteiger partial charge in [-0.25, -0.2) is 19.3 Å². The van der Waals surface area contributed by atoms with Crippen LogP contribution in [0.4, 0.5) is 4.79 Å². The van der Waals surface area contributed by atoms with Gasteiger partial charge in [-0.3, -0.25) is 0 Å². The summed E-state index contributed by atoms with van der Waals surface area (Å²) < 4.78 is 6.82. The van der Waals surface area contributed by atoms with E-state index in [1.54, 1.807) is 7.05 Å². The average molecular weight is 392 g/mol. The smallest absolute Gasteiger partial charge is 0.409 e. The number of aromatic nitrogens is 3. The fraction of sp³-hybridized carbons (Fsp3) is 0.238. The Morgan fingerprint density at radius 1 is 1.10 bits per heavy atom. The van der Waals surface area contributed by atoms with Crippen molar-refractivity contribution in [3.63, 3.8) is 0 Å². The highest BCUT2D eigenvalue weighted by Gasteiger charge is 2.29. The van der Waals surface area contributed by atoms with Crippen molar-refractivity contribution in [3.8, 4) is 11.1 Å². The Balaban J connectivity index is 1.39. The Morgan fingerprint density at radius 2 is 1.72 bits per heavy atom. The van der Waals surface area contributed by atoms with Crippen LogP contribution < -0.4 is 0 Å². The number of nitrogens with zero attached hydrogens (tertiary/aromatic N) is 4. The van der Waals surface area contributed by atoms with Gasteiger partial charge in [0.1, 0.15) is 12.9 Å². The van der Waals surface area contributed by atoms with E-state index < -0.39 is 12.1 Å². The first-order valence-electron chi connectivity index (χ1n) is 9.23. The van der Waals surface area contributed by atoms with Gasteiger partial charge in [0.25, 0.3) is 0 Å². The second-order valence-corrected chi connectivity index (χ2v) is 6.84. The molecule has 1 heterocycles. The molecule has 0 atom stereocenters. The number of fused-ring (bicyclic) bond motifs is 3. The zero-order valence-corrected chi connectivity index (χ0v) is 15.9. The number of likely N-dealkylation sites (N-methyl/N-ethyl adjacent to an activating group) is 1. The molecule has 8 nitrogen and oxygen atoms in total. The Morgan fingerprint density at radius 3 is 2.34 bits per heavy atom. The normalized spacial score (nSPS) is 12.3. The molecule has 29 heavy (non-hydrogen) atoms. The average Bonchev–Trinajstić information content (AvgIpc) is 3.33. The summed E-state index contributed by atoms with van der Waals surface area (Å²) in [4.78, 5) is 28.6. The van der Waals surface area contributed by atoms with Crippen LogP contribution in [0.1, 0.15) is 27.7 Å². The van der Waals surface area contributed by atoms with E-state index in [1.807, 2.05) is 24.3 Å². The third kappa shape index (κ3) is 3.56. The predicted molar refractivity (Wildman–Crippen MR) is 105 cm³/mol. The minimum Gasteiger partial charge on any atom is -0.475 e. The molecule has 0 aliphatic heterocycles. The second-order valence-electron chi connectivity index (χ2n) is 6.84. The molecule has 1 aromatic heterocycles. The van der Waals surface area contributed by atoms with E-state index in [0.717, 1.165) is 11.1 Å². The molecule has 0 saturated carbocycles. The summed E-state index contributed by atoms with van der Waals surface area (Å²) in [5.41, 5.74) is 4.64. The quantitative estimate of drug-likeness (QED) is 0.693. The van der Waals surface area contributed by atoms with E-state index in [4.69, 9.17) is 9.84 Å². The first-order chi connectivity index (χ1) is 14.1. The zero-order chi connectivity index (χ0) is 20.4. The molecule has 1 amide bonds. The maximum absolute atomic E-state index is 12.4. The summed E-state index contributed by atoms with van der Waals surface area (Å²) in [7, 11) is 1.61. The number of rotatable bonds is 6. The summed E-state index contributed by atoms with van der Waals surface area (Å²) in [5, 5.41) is 12.9. The van der Waals surface area contributed by atoms with Crippen molar-refractivity contribution in [2.75, 3.05) is 20.2 Å². The molecule has 1 aliphatic rings. The van der Waals surface area contributed by atoms with Crippen molar-refractivity contribution in [1.29, 1.82) is 0 Å². The number of carboxylic acid groups (broad SMARTS) is 1. The second kappa shape index (κ2) is 7.75. The van der Waals surface area contributed by atoms with Gasteiger partial charge in [0.2, 0.25) is 5.82 Å². The van der Waals surface area contributed by atoms with Crippen molar-refractivity contribution < 1.29 is 19.4 Å². The SMILES string of the molecule is CN(CCn1ncnc1C(=O)O)C(=O)OCC1c2ccccc2-c2ccccc21. The van der Waals surface area contributed by atoms with Gasteiger partial charge in [-0.05, 0) is 22.3 Å². The van der Waals surface area contributed by atoms with Gasteiger partial charge < -0.3 is 14.7 Å². The van der Waals surface area contributed by atoms with Crippen LogP contribution in [-0.2, 0) is 11.3 Å². The molecule has 148 valence electrons. The van der Waals surface area contributed by atoms with Crippen molar-refractivity contribution >= 4 is 12.1 Å². The summed E-state index contributed by atoms with van der Waals surface area (Å²) in [6, 6.07) is 16.3. The molecule has 2 aromatic carbocycles. The molecule has 8 heteroatoms. The highest BCUT2D eigenvalue weighted by atomic mass is 16.6. The third-order valence-corrected chi connectivity index (χ3v) is 5.10. The van der Waals surface area contributed by atoms with E-state index in [9.17, 15) is 9.59 Å². The number of ether oxygens (including phenoxy) is 1. The van der Waals surface area contributed by atoms with Gasteiger partial charge in [0.05, 0.1) is 6.54 Å². The highest BCUT2D eigenvalue weighted by Crippen LogP contribution is 2.44. The molecule has 4 rings (SSSR count). The van der Waals surface area contributed by atoms with Gasteiger partial charge in [-0.1, -0.05) is 48.5 Å². The van der Waals surface area contributed by atoms with E-state index in [1.165, 1.54) is 27.0 Å². The monoisotopic (exact) mass is 392 g/mol. The molecule has 3 aromatic rings. The first kappa shape index (κ1) is 18.7. The molecular formula is C21H20N4O4. The van der Waals surface area contributed by atoms with Gasteiger partial charge in [-0.2, -0.15) is 5.10 Å². The fourth-order valence-electron chi connectivity index (χ4n) is 3.63. The Hall–Kier alpha value is -3.68. The Bertz CT molecular complexity index is 1020. The summed E-state index contributed by atoms with van der Waals surface area (Å²) in [5.74, 6) is -1.33. The van der Waals surface area contributed by atoms with Crippen LogP contribution in [0.25, 0.3) is 11.1 Å². The lowest BCUT2D eigenvalue weighted by Crippen LogP contribution is -2.32. The number of benzene rings is 2. The van der Waals surface area contributed by atoms with Crippen LogP contribution in [0, 0.1) is 0 Å². The zero-order valence-electron chi connectivity index (χ0n) is 15.9. The molecule has 1 N–H and O–H groups in total. The minimum absolute atomic E-state index is 0.00585. The molecule has 0 fully saturated rings. The van der Waals surface area contributed by atoms with Gasteiger partial charge in [-0.15, -0.1) is 0 Å². The molecule has 0 radical (unpaired) electrons. The fourth-order valence-corrected chi connectivity index (χ4v) is 3.63. The standard InChI is InChI=1S/C21H20N4O4/c1-24(10-11-25-19(20(26)27)22-13-23-25)21(28)29-12-18-16-8-4-2-6-14(16)15-7-3-5-9-17(15)18/h2-9,13,18H,10-12H2,1H3,(H,26,27). The number of carbonyl (C=O) groups excluding carboxylic acids is 1. The van der Waals surface area contributed by atoms with Gasteiger partial charge in [0, 0.05) is 19.5 Å². The van der Waals surface area contributed by atoms with Crippen LogP contribution >= 0.6 is 0 Å². The maximum atomic E-state index is 12.4. The van der Waals surface area contributed by atoms with Crippen LogP contribution in [0.3, 0.4) is 0 Å². The molecule has 0 spiro atoms. The van der Waals surface area contributed by atoms with Crippen molar-refractivity contribution in [1.82, 2.24) is 19.7 Å². The summed E-state index contributed by atoms with van der Waals surface area (Å²) in [6.45, 7) is 0.698. The van der Waals surface area contributed by atoms with E-state index in [0.29, 0.717) is 0 Å². The topological polar surface area (TPSA) is 97.5 Å². The third-order valence-electron chi connectivity index (χ3n) is 5.10. The molecular weight excluding hydrogens is 372 g/mol. The van der Waals surface area contributed by atoms with E-state index in [-0.39, 0.29) is 31.4 Å². The summed E-state index contributed by atoms with van der Waals surface area (Å²) in [6.07, 6.45) is 0.709. The maximum Gasteiger partial charge on any atom is 0.409 e. The number of carbonyl (C=O) groups is 2. The molecule has 1 aliphatic carbocycles. The number of aromatic carboxylic acids is 1. The lowest BCUT2D eigenvalue weighted by Gasteiger charge is -2.19.